The molecule has 7 nitrogen and oxygen atoms in total. The first kappa shape index (κ1) is 19.5. The van der Waals surface area contributed by atoms with Crippen molar-refractivity contribution in [2.45, 2.75) is 42.4 Å². The zero-order valence-electron chi connectivity index (χ0n) is 14.7. The van der Waals surface area contributed by atoms with Crippen LogP contribution in [0.5, 0.6) is 11.5 Å². The Labute approximate surface area is 176 Å². The summed E-state index contributed by atoms with van der Waals surface area (Å²) >= 11 is 1.99. The average Bonchev–Trinajstić information content (AvgIpc) is 3.23. The summed E-state index contributed by atoms with van der Waals surface area (Å²) in [6, 6.07) is 11.5. The van der Waals surface area contributed by atoms with Crippen molar-refractivity contribution in [2.75, 3.05) is 0 Å². The first-order valence-electron chi connectivity index (χ1n) is 8.82. The highest BCUT2D eigenvalue weighted by Crippen LogP contribution is 2.50. The maximum Gasteiger partial charge on any atom is 0.361 e. The van der Waals surface area contributed by atoms with E-state index in [-0.39, 0.29) is 22.7 Å². The van der Waals surface area contributed by atoms with E-state index < -0.39 is 22.2 Å². The Kier molecular flexibility index (Phi) is 5.23. The SMILES string of the molecule is O=C(O)C(NS(=O)(=O)c1cccc(I)c1)Oc1cccc2c1OC1CCCC21. The number of nitrogens with one attached hydrogen (secondary N) is 1. The van der Waals surface area contributed by atoms with Crippen molar-refractivity contribution in [1.29, 1.82) is 0 Å². The zero-order chi connectivity index (χ0) is 19.9. The number of fused-ring (bicyclic) bond motifs is 3. The molecule has 2 N–H and O–H groups in total. The highest BCUT2D eigenvalue weighted by molar-refractivity contribution is 14.1. The third-order valence-electron chi connectivity index (χ3n) is 4.97. The molecule has 0 radical (unpaired) electrons. The molecule has 3 atom stereocenters. The summed E-state index contributed by atoms with van der Waals surface area (Å²) in [5.74, 6) is -0.420. The third-order valence-corrected chi connectivity index (χ3v) is 7.04. The van der Waals surface area contributed by atoms with Crippen LogP contribution in [0.15, 0.2) is 47.4 Å². The van der Waals surface area contributed by atoms with Crippen LogP contribution in [-0.2, 0) is 14.8 Å². The number of carboxylic acids is 1. The van der Waals surface area contributed by atoms with Gasteiger partial charge >= 0.3 is 5.97 Å². The van der Waals surface area contributed by atoms with Crippen molar-refractivity contribution < 1.29 is 27.8 Å². The fourth-order valence-corrected chi connectivity index (χ4v) is 5.57. The van der Waals surface area contributed by atoms with Gasteiger partial charge in [-0.1, -0.05) is 18.2 Å². The second-order valence-corrected chi connectivity index (χ2v) is 9.74. The maximum absolute atomic E-state index is 12.6. The van der Waals surface area contributed by atoms with Crippen LogP contribution in [0.1, 0.15) is 30.7 Å². The summed E-state index contributed by atoms with van der Waals surface area (Å²) in [5.41, 5.74) is 0.990. The third kappa shape index (κ3) is 3.70. The first-order valence-corrected chi connectivity index (χ1v) is 11.4. The molecule has 2 aliphatic rings. The van der Waals surface area contributed by atoms with Crippen LogP contribution in [0.25, 0.3) is 0 Å². The summed E-state index contributed by atoms with van der Waals surface area (Å²) in [6.07, 6.45) is 1.35. The van der Waals surface area contributed by atoms with Crippen LogP contribution in [0.2, 0.25) is 0 Å². The molecule has 1 saturated carbocycles. The number of halogens is 1. The monoisotopic (exact) mass is 515 g/mol. The molecule has 0 amide bonds. The highest BCUT2D eigenvalue weighted by atomic mass is 127. The minimum absolute atomic E-state index is 0.0293. The lowest BCUT2D eigenvalue weighted by Crippen LogP contribution is -2.44. The lowest BCUT2D eigenvalue weighted by Gasteiger charge is -2.19. The number of sulfonamides is 1. The molecule has 1 fully saturated rings. The number of ether oxygens (including phenoxy) is 2. The topological polar surface area (TPSA) is 102 Å². The lowest BCUT2D eigenvalue weighted by atomic mass is 9.97. The van der Waals surface area contributed by atoms with E-state index in [9.17, 15) is 18.3 Å². The molecule has 0 aromatic heterocycles. The van der Waals surface area contributed by atoms with E-state index >= 15 is 0 Å². The van der Waals surface area contributed by atoms with Gasteiger partial charge in [0, 0.05) is 15.1 Å². The molecule has 1 aliphatic heterocycles. The fourth-order valence-electron chi connectivity index (χ4n) is 3.71. The number of carboxylic acid groups (broad SMARTS) is 1. The summed E-state index contributed by atoms with van der Waals surface area (Å²) in [7, 11) is -4.08. The number of hydrogen-bond acceptors (Lipinski definition) is 5. The molecule has 1 aliphatic carbocycles. The molecule has 28 heavy (non-hydrogen) atoms. The van der Waals surface area contributed by atoms with Gasteiger partial charge in [0.1, 0.15) is 6.10 Å². The van der Waals surface area contributed by atoms with Crippen molar-refractivity contribution >= 4 is 38.6 Å². The maximum atomic E-state index is 12.6. The van der Waals surface area contributed by atoms with Gasteiger partial charge < -0.3 is 14.6 Å². The molecule has 1 heterocycles. The molecule has 0 saturated heterocycles. The predicted octanol–water partition coefficient (Wildman–Crippen LogP) is 3.09. The Hall–Kier alpha value is -1.85. The van der Waals surface area contributed by atoms with E-state index in [0.717, 1.165) is 24.8 Å². The van der Waals surface area contributed by atoms with E-state index in [1.807, 2.05) is 28.7 Å². The molecule has 2 aromatic rings. The van der Waals surface area contributed by atoms with Gasteiger partial charge in [0.15, 0.2) is 11.5 Å². The van der Waals surface area contributed by atoms with E-state index in [1.54, 1.807) is 24.3 Å². The van der Waals surface area contributed by atoms with Crippen LogP contribution >= 0.6 is 22.6 Å². The Morgan fingerprint density at radius 1 is 1.25 bits per heavy atom. The van der Waals surface area contributed by atoms with E-state index in [1.165, 1.54) is 12.1 Å². The molecule has 0 bridgehead atoms. The van der Waals surface area contributed by atoms with Gasteiger partial charge in [-0.25, -0.2) is 13.2 Å². The molecular weight excluding hydrogens is 497 g/mol. The quantitative estimate of drug-likeness (QED) is 0.453. The summed E-state index contributed by atoms with van der Waals surface area (Å²) in [5, 5.41) is 9.51. The summed E-state index contributed by atoms with van der Waals surface area (Å²) < 4.78 is 39.6. The number of aliphatic carboxylic acids is 1. The van der Waals surface area contributed by atoms with E-state index in [0.29, 0.717) is 9.32 Å². The molecular formula is C19H18INO6S. The second-order valence-electron chi connectivity index (χ2n) is 6.78. The Morgan fingerprint density at radius 2 is 2.04 bits per heavy atom. The molecule has 3 unspecified atom stereocenters. The Bertz CT molecular complexity index is 1020. The number of hydrogen-bond donors (Lipinski definition) is 2. The van der Waals surface area contributed by atoms with Crippen LogP contribution in [-0.4, -0.2) is 31.8 Å². The standard InChI is InChI=1S/C19H18INO6S/c20-11-4-1-5-12(10-11)28(24,25)21-18(19(22)23)27-16-9-3-7-14-13-6-2-8-15(13)26-17(14)16/h1,3-5,7,9-10,13,15,18,21H,2,6,8H2,(H,22,23). The average molecular weight is 515 g/mol. The summed E-state index contributed by atoms with van der Waals surface area (Å²) in [6.45, 7) is 0. The van der Waals surface area contributed by atoms with Gasteiger partial charge in [0.05, 0.1) is 4.90 Å². The first-order chi connectivity index (χ1) is 13.3. The van der Waals surface area contributed by atoms with Gasteiger partial charge in [-0.3, -0.25) is 0 Å². The fraction of sp³-hybridized carbons (Fsp3) is 0.316. The molecule has 4 rings (SSSR count). The zero-order valence-corrected chi connectivity index (χ0v) is 17.6. The van der Waals surface area contributed by atoms with Crippen molar-refractivity contribution in [3.63, 3.8) is 0 Å². The van der Waals surface area contributed by atoms with Crippen molar-refractivity contribution in [3.05, 3.63) is 51.6 Å². The number of para-hydroxylation sites is 1. The lowest BCUT2D eigenvalue weighted by molar-refractivity contribution is -0.145. The van der Waals surface area contributed by atoms with E-state index in [4.69, 9.17) is 9.47 Å². The molecule has 9 heteroatoms. The van der Waals surface area contributed by atoms with Crippen LogP contribution in [0.4, 0.5) is 0 Å². The Balaban J connectivity index is 1.59. The molecule has 2 aromatic carbocycles. The van der Waals surface area contributed by atoms with Crippen molar-refractivity contribution in [1.82, 2.24) is 4.72 Å². The van der Waals surface area contributed by atoms with Gasteiger partial charge in [-0.05, 0) is 66.1 Å². The van der Waals surface area contributed by atoms with Gasteiger partial charge in [-0.15, -0.1) is 0 Å². The van der Waals surface area contributed by atoms with Crippen LogP contribution < -0.4 is 14.2 Å². The van der Waals surface area contributed by atoms with Crippen molar-refractivity contribution in [2.24, 2.45) is 0 Å². The highest BCUT2D eigenvalue weighted by Gasteiger charge is 2.40. The van der Waals surface area contributed by atoms with Gasteiger partial charge in [0.25, 0.3) is 6.23 Å². The Morgan fingerprint density at radius 3 is 2.79 bits per heavy atom. The van der Waals surface area contributed by atoms with Gasteiger partial charge in [-0.2, -0.15) is 4.72 Å². The summed E-state index contributed by atoms with van der Waals surface area (Å²) in [4.78, 5) is 11.7. The minimum atomic E-state index is -4.08. The van der Waals surface area contributed by atoms with Crippen LogP contribution in [0.3, 0.4) is 0 Å². The predicted molar refractivity (Wildman–Crippen MR) is 109 cm³/mol. The van der Waals surface area contributed by atoms with Crippen molar-refractivity contribution in [3.8, 4) is 11.5 Å². The molecule has 0 spiro atoms. The minimum Gasteiger partial charge on any atom is -0.486 e. The molecule has 148 valence electrons. The largest absolute Gasteiger partial charge is 0.486 e. The van der Waals surface area contributed by atoms with Gasteiger partial charge in [0.2, 0.25) is 10.0 Å². The number of rotatable bonds is 6. The normalized spacial score (nSPS) is 21.5. The van der Waals surface area contributed by atoms with Crippen LogP contribution in [0, 0.1) is 3.57 Å². The smallest absolute Gasteiger partial charge is 0.361 e. The van der Waals surface area contributed by atoms with E-state index in [2.05, 4.69) is 4.72 Å². The number of benzene rings is 2. The second kappa shape index (κ2) is 7.53. The number of carbonyl (C=O) groups is 1.